The van der Waals surface area contributed by atoms with Gasteiger partial charge >= 0.3 is 0 Å². The third-order valence-corrected chi connectivity index (χ3v) is 6.86. The number of rotatable bonds is 6. The number of benzene rings is 2. The average molecular weight is 389 g/mol. The van der Waals surface area contributed by atoms with Crippen LogP contribution in [0.25, 0.3) is 22.2 Å². The van der Waals surface area contributed by atoms with Gasteiger partial charge in [0.15, 0.2) is 9.84 Å². The van der Waals surface area contributed by atoms with E-state index in [0.29, 0.717) is 17.5 Å². The van der Waals surface area contributed by atoms with E-state index >= 15 is 0 Å². The standard InChI is InChI=1S/C18H19N3O5S/c1-18(17(22)19-23,27(2,24)25)10-9-12-3-5-13(6-4-12)14-7-8-15-16(11-14)21-26-20-15/h3-8,11,23H,9-10H2,1-2H3,(H,19,22). The maximum absolute atomic E-state index is 12.0. The molecule has 0 bridgehead atoms. The molecule has 3 aromatic rings. The third-order valence-electron chi connectivity index (χ3n) is 4.83. The quantitative estimate of drug-likeness (QED) is 0.489. The van der Waals surface area contributed by atoms with Gasteiger partial charge in [0.25, 0.3) is 5.91 Å². The summed E-state index contributed by atoms with van der Waals surface area (Å²) in [5.41, 5.74) is 5.58. The van der Waals surface area contributed by atoms with E-state index in [0.717, 1.165) is 22.9 Å². The summed E-state index contributed by atoms with van der Waals surface area (Å²) in [6.45, 7) is 1.31. The van der Waals surface area contributed by atoms with Gasteiger partial charge in [-0.1, -0.05) is 30.3 Å². The molecule has 0 aliphatic rings. The van der Waals surface area contributed by atoms with Crippen molar-refractivity contribution in [2.75, 3.05) is 6.26 Å². The average Bonchev–Trinajstić information content (AvgIpc) is 3.12. The molecular weight excluding hydrogens is 370 g/mol. The van der Waals surface area contributed by atoms with Crippen LogP contribution in [0.2, 0.25) is 0 Å². The van der Waals surface area contributed by atoms with Crippen LogP contribution in [0.1, 0.15) is 18.9 Å². The molecule has 1 amide bonds. The Bertz CT molecular complexity index is 1080. The van der Waals surface area contributed by atoms with Crippen molar-refractivity contribution in [2.24, 2.45) is 0 Å². The van der Waals surface area contributed by atoms with Crippen LogP contribution in [0, 0.1) is 0 Å². The lowest BCUT2D eigenvalue weighted by atomic mass is 9.97. The van der Waals surface area contributed by atoms with E-state index in [9.17, 15) is 13.2 Å². The first kappa shape index (κ1) is 19.0. The summed E-state index contributed by atoms with van der Waals surface area (Å²) in [7, 11) is -3.71. The molecule has 0 saturated heterocycles. The Hall–Kier alpha value is -2.78. The molecule has 2 N–H and O–H groups in total. The summed E-state index contributed by atoms with van der Waals surface area (Å²) in [6, 6.07) is 13.2. The highest BCUT2D eigenvalue weighted by Gasteiger charge is 2.43. The summed E-state index contributed by atoms with van der Waals surface area (Å²) < 4.78 is 27.0. The van der Waals surface area contributed by atoms with Crippen molar-refractivity contribution in [3.63, 3.8) is 0 Å². The second kappa shape index (κ2) is 7.09. The number of sulfone groups is 1. The molecule has 1 heterocycles. The first-order chi connectivity index (χ1) is 12.7. The van der Waals surface area contributed by atoms with Crippen LogP contribution >= 0.6 is 0 Å². The summed E-state index contributed by atoms with van der Waals surface area (Å²) in [5, 5.41) is 16.5. The molecule has 1 unspecified atom stereocenters. The summed E-state index contributed by atoms with van der Waals surface area (Å²) in [5.74, 6) is -0.934. The molecule has 27 heavy (non-hydrogen) atoms. The minimum atomic E-state index is -3.71. The Labute approximate surface area is 156 Å². The smallest absolute Gasteiger partial charge is 0.264 e. The molecule has 1 atom stereocenters. The first-order valence-corrected chi connectivity index (χ1v) is 10.1. The molecule has 9 heteroatoms. The van der Waals surface area contributed by atoms with Crippen molar-refractivity contribution in [3.05, 3.63) is 48.0 Å². The fraction of sp³-hybridized carbons (Fsp3) is 0.278. The van der Waals surface area contributed by atoms with Gasteiger partial charge in [-0.2, -0.15) is 0 Å². The third kappa shape index (κ3) is 3.69. The van der Waals surface area contributed by atoms with E-state index in [-0.39, 0.29) is 6.42 Å². The molecule has 0 spiro atoms. The molecule has 1 aromatic heterocycles. The van der Waals surface area contributed by atoms with Crippen molar-refractivity contribution < 1.29 is 23.0 Å². The molecule has 3 rings (SSSR count). The van der Waals surface area contributed by atoms with Gasteiger partial charge < -0.3 is 0 Å². The topological polar surface area (TPSA) is 122 Å². The van der Waals surface area contributed by atoms with Crippen LogP contribution < -0.4 is 5.48 Å². The van der Waals surface area contributed by atoms with Crippen LogP contribution in [0.15, 0.2) is 47.1 Å². The monoisotopic (exact) mass is 389 g/mol. The molecule has 0 aliphatic heterocycles. The van der Waals surface area contributed by atoms with Crippen LogP contribution in [0.4, 0.5) is 0 Å². The maximum Gasteiger partial charge on any atom is 0.264 e. The van der Waals surface area contributed by atoms with Crippen LogP contribution in [-0.2, 0) is 21.1 Å². The normalized spacial score (nSPS) is 14.0. The van der Waals surface area contributed by atoms with E-state index in [1.807, 2.05) is 42.5 Å². The number of hydroxylamine groups is 1. The number of nitrogens with one attached hydrogen (secondary N) is 1. The Morgan fingerprint density at radius 2 is 1.74 bits per heavy atom. The number of hydrogen-bond acceptors (Lipinski definition) is 7. The Balaban J connectivity index is 1.78. The lowest BCUT2D eigenvalue weighted by molar-refractivity contribution is -0.131. The Morgan fingerprint density at radius 3 is 2.37 bits per heavy atom. The van der Waals surface area contributed by atoms with E-state index in [2.05, 4.69) is 10.3 Å². The maximum atomic E-state index is 12.0. The number of nitrogens with zero attached hydrogens (tertiary/aromatic N) is 2. The van der Waals surface area contributed by atoms with Crippen LogP contribution in [0.3, 0.4) is 0 Å². The van der Waals surface area contributed by atoms with Gasteiger partial charge in [0.2, 0.25) is 0 Å². The fourth-order valence-corrected chi connectivity index (χ4v) is 3.65. The number of fused-ring (bicyclic) bond motifs is 1. The second-order valence-corrected chi connectivity index (χ2v) is 9.05. The lowest BCUT2D eigenvalue weighted by Gasteiger charge is -2.25. The van der Waals surface area contributed by atoms with Crippen molar-refractivity contribution in [2.45, 2.75) is 24.5 Å². The highest BCUT2D eigenvalue weighted by molar-refractivity contribution is 7.92. The Morgan fingerprint density at radius 1 is 1.11 bits per heavy atom. The molecule has 0 saturated carbocycles. The highest BCUT2D eigenvalue weighted by atomic mass is 32.2. The number of hydrogen-bond donors (Lipinski definition) is 2. The molecule has 8 nitrogen and oxygen atoms in total. The summed E-state index contributed by atoms with van der Waals surface area (Å²) >= 11 is 0. The number of amides is 1. The molecule has 142 valence electrons. The van der Waals surface area contributed by atoms with Gasteiger partial charge in [0, 0.05) is 6.26 Å². The minimum Gasteiger partial charge on any atom is -0.289 e. The second-order valence-electron chi connectivity index (χ2n) is 6.61. The van der Waals surface area contributed by atoms with Crippen molar-refractivity contribution in [1.29, 1.82) is 0 Å². The van der Waals surface area contributed by atoms with Gasteiger partial charge in [-0.15, -0.1) is 0 Å². The first-order valence-electron chi connectivity index (χ1n) is 8.20. The number of carbonyl (C=O) groups is 1. The summed E-state index contributed by atoms with van der Waals surface area (Å²) in [6.07, 6.45) is 1.40. The largest absolute Gasteiger partial charge is 0.289 e. The van der Waals surface area contributed by atoms with Gasteiger partial charge in [-0.3, -0.25) is 10.0 Å². The van der Waals surface area contributed by atoms with Crippen molar-refractivity contribution in [1.82, 2.24) is 15.8 Å². The highest BCUT2D eigenvalue weighted by Crippen LogP contribution is 2.26. The zero-order chi connectivity index (χ0) is 19.7. The lowest BCUT2D eigenvalue weighted by Crippen LogP contribution is -2.49. The SMILES string of the molecule is CC(CCc1ccc(-c2ccc3nonc3c2)cc1)(C(=O)NO)S(C)(=O)=O. The van der Waals surface area contributed by atoms with E-state index in [1.54, 1.807) is 0 Å². The summed E-state index contributed by atoms with van der Waals surface area (Å²) in [4.78, 5) is 11.9. The minimum absolute atomic E-state index is 0.0497. The molecule has 0 radical (unpaired) electrons. The van der Waals surface area contributed by atoms with Gasteiger partial charge in [-0.05, 0) is 58.9 Å². The number of aryl methyl sites for hydroxylation is 1. The van der Waals surface area contributed by atoms with E-state index < -0.39 is 20.5 Å². The van der Waals surface area contributed by atoms with Gasteiger partial charge in [0.05, 0.1) is 0 Å². The van der Waals surface area contributed by atoms with Crippen LogP contribution in [0.5, 0.6) is 0 Å². The predicted octanol–water partition coefficient (Wildman–Crippen LogP) is 2.13. The van der Waals surface area contributed by atoms with Gasteiger partial charge in [0.1, 0.15) is 15.8 Å². The molecule has 0 aliphatic carbocycles. The molecule has 2 aromatic carbocycles. The fourth-order valence-electron chi connectivity index (χ4n) is 2.79. The molecule has 0 fully saturated rings. The number of carbonyl (C=O) groups excluding carboxylic acids is 1. The number of aromatic nitrogens is 2. The van der Waals surface area contributed by atoms with Crippen LogP contribution in [-0.4, -0.2) is 40.8 Å². The molecular formula is C18H19N3O5S. The van der Waals surface area contributed by atoms with Gasteiger partial charge in [-0.25, -0.2) is 18.5 Å². The van der Waals surface area contributed by atoms with E-state index in [4.69, 9.17) is 9.84 Å². The van der Waals surface area contributed by atoms with Crippen molar-refractivity contribution in [3.8, 4) is 11.1 Å². The zero-order valence-corrected chi connectivity index (χ0v) is 15.7. The zero-order valence-electron chi connectivity index (χ0n) is 14.8. The Kier molecular flexibility index (Phi) is 4.99. The predicted molar refractivity (Wildman–Crippen MR) is 98.7 cm³/mol. The van der Waals surface area contributed by atoms with E-state index in [1.165, 1.54) is 12.4 Å². The van der Waals surface area contributed by atoms with Crippen molar-refractivity contribution >= 4 is 26.8 Å².